The number of allylic oxidation sites excluding steroid dienone is 1. The molecule has 0 aliphatic carbocycles. The molecule has 23 heavy (non-hydrogen) atoms. The summed E-state index contributed by atoms with van der Waals surface area (Å²) in [6, 6.07) is 0. The largest absolute Gasteiger partial charge is 0.481 e. The molecule has 0 aromatic carbocycles. The Morgan fingerprint density at radius 1 is 0.957 bits per heavy atom. The summed E-state index contributed by atoms with van der Waals surface area (Å²) in [7, 11) is 0. The molecule has 1 atom stereocenters. The van der Waals surface area contributed by atoms with Crippen molar-refractivity contribution in [2.75, 3.05) is 0 Å². The molecule has 0 amide bonds. The molecule has 3 heteroatoms. The lowest BCUT2D eigenvalue weighted by molar-refractivity contribution is -0.137. The SMILES string of the molecule is C=C.CCCCCCC(O)C/C=C\CCCCCCCC(=O)O. The van der Waals surface area contributed by atoms with E-state index in [9.17, 15) is 9.90 Å². The van der Waals surface area contributed by atoms with Gasteiger partial charge < -0.3 is 10.2 Å². The fourth-order valence-corrected chi connectivity index (χ4v) is 2.36. The molecule has 0 aromatic heterocycles. The topological polar surface area (TPSA) is 57.5 Å². The van der Waals surface area contributed by atoms with Crippen LogP contribution >= 0.6 is 0 Å². The fourth-order valence-electron chi connectivity index (χ4n) is 2.36. The van der Waals surface area contributed by atoms with Crippen molar-refractivity contribution in [3.05, 3.63) is 25.3 Å². The predicted octanol–water partition coefficient (Wildman–Crippen LogP) is 5.88. The highest BCUT2D eigenvalue weighted by molar-refractivity contribution is 5.66. The van der Waals surface area contributed by atoms with Crippen LogP contribution < -0.4 is 0 Å². The minimum Gasteiger partial charge on any atom is -0.481 e. The number of hydrogen-bond acceptors (Lipinski definition) is 2. The maximum atomic E-state index is 10.3. The Hall–Kier alpha value is -1.09. The molecule has 0 fully saturated rings. The first-order valence-corrected chi connectivity index (χ1v) is 9.21. The first-order valence-electron chi connectivity index (χ1n) is 9.21. The van der Waals surface area contributed by atoms with Crippen molar-refractivity contribution in [2.24, 2.45) is 0 Å². The first kappa shape index (κ1) is 24.2. The number of hydrogen-bond donors (Lipinski definition) is 2. The van der Waals surface area contributed by atoms with Crippen LogP contribution in [0.15, 0.2) is 25.3 Å². The first-order chi connectivity index (χ1) is 11.2. The lowest BCUT2D eigenvalue weighted by atomic mass is 10.1. The van der Waals surface area contributed by atoms with Crippen molar-refractivity contribution in [2.45, 2.75) is 96.5 Å². The highest BCUT2D eigenvalue weighted by Gasteiger charge is 2.00. The molecule has 0 rings (SSSR count). The fraction of sp³-hybridized carbons (Fsp3) is 0.750. The minimum atomic E-state index is -0.689. The van der Waals surface area contributed by atoms with E-state index >= 15 is 0 Å². The number of carboxylic acid groups (broad SMARTS) is 1. The third kappa shape index (κ3) is 23.3. The van der Waals surface area contributed by atoms with E-state index in [1.165, 1.54) is 25.7 Å². The molecule has 0 radical (unpaired) electrons. The third-order valence-corrected chi connectivity index (χ3v) is 3.73. The lowest BCUT2D eigenvalue weighted by Crippen LogP contribution is -2.04. The molecule has 0 aromatic rings. The van der Waals surface area contributed by atoms with Crippen LogP contribution in [0.25, 0.3) is 0 Å². The Morgan fingerprint density at radius 2 is 1.57 bits per heavy atom. The van der Waals surface area contributed by atoms with E-state index in [-0.39, 0.29) is 6.10 Å². The van der Waals surface area contributed by atoms with Gasteiger partial charge in [-0.1, -0.05) is 64.0 Å². The molecule has 0 aliphatic heterocycles. The summed E-state index contributed by atoms with van der Waals surface area (Å²) < 4.78 is 0. The van der Waals surface area contributed by atoms with E-state index in [4.69, 9.17) is 5.11 Å². The Balaban J connectivity index is 0. The van der Waals surface area contributed by atoms with Gasteiger partial charge in [0.05, 0.1) is 6.10 Å². The summed E-state index contributed by atoms with van der Waals surface area (Å²) in [5.74, 6) is -0.689. The summed E-state index contributed by atoms with van der Waals surface area (Å²) in [4.78, 5) is 10.3. The second-order valence-corrected chi connectivity index (χ2v) is 5.91. The quantitative estimate of drug-likeness (QED) is 0.292. The lowest BCUT2D eigenvalue weighted by Gasteiger charge is -2.07. The van der Waals surface area contributed by atoms with Crippen molar-refractivity contribution in [1.82, 2.24) is 0 Å². The van der Waals surface area contributed by atoms with Crippen molar-refractivity contribution < 1.29 is 15.0 Å². The van der Waals surface area contributed by atoms with Crippen LogP contribution in [0, 0.1) is 0 Å². The minimum absolute atomic E-state index is 0.172. The summed E-state index contributed by atoms with van der Waals surface area (Å²) in [5, 5.41) is 18.3. The predicted molar refractivity (Wildman–Crippen MR) is 99.7 cm³/mol. The van der Waals surface area contributed by atoms with Crippen LogP contribution in [-0.4, -0.2) is 22.3 Å². The van der Waals surface area contributed by atoms with Gasteiger partial charge in [-0.05, 0) is 32.1 Å². The average molecular weight is 327 g/mol. The Morgan fingerprint density at radius 3 is 2.22 bits per heavy atom. The molecular formula is C20H38O3. The zero-order valence-corrected chi connectivity index (χ0v) is 15.1. The van der Waals surface area contributed by atoms with Gasteiger partial charge >= 0.3 is 5.97 Å². The smallest absolute Gasteiger partial charge is 0.303 e. The number of unbranched alkanes of at least 4 members (excludes halogenated alkanes) is 8. The van der Waals surface area contributed by atoms with E-state index in [0.717, 1.165) is 51.4 Å². The molecule has 0 spiro atoms. The van der Waals surface area contributed by atoms with Crippen LogP contribution in [-0.2, 0) is 4.79 Å². The summed E-state index contributed by atoms with van der Waals surface area (Å²) in [5.41, 5.74) is 0. The zero-order chi connectivity index (χ0) is 17.8. The number of carboxylic acids is 1. The van der Waals surface area contributed by atoms with Crippen LogP contribution in [0.5, 0.6) is 0 Å². The van der Waals surface area contributed by atoms with Gasteiger partial charge in [-0.2, -0.15) is 0 Å². The number of aliphatic hydroxyl groups excluding tert-OH is 1. The van der Waals surface area contributed by atoms with E-state index in [0.29, 0.717) is 6.42 Å². The molecular weight excluding hydrogens is 288 g/mol. The van der Waals surface area contributed by atoms with Gasteiger partial charge in [0.25, 0.3) is 0 Å². The summed E-state index contributed by atoms with van der Waals surface area (Å²) in [6.45, 7) is 8.20. The van der Waals surface area contributed by atoms with Gasteiger partial charge in [-0.15, -0.1) is 13.2 Å². The summed E-state index contributed by atoms with van der Waals surface area (Å²) in [6.07, 6.45) is 17.4. The van der Waals surface area contributed by atoms with E-state index in [1.54, 1.807) is 0 Å². The standard InChI is InChI=1S/C18H34O3.C2H4/c1-2-3-4-11-14-17(19)15-12-9-7-5-6-8-10-13-16-18(20)21;1-2/h9,12,17,19H,2-8,10-11,13-16H2,1H3,(H,20,21);1-2H2/b12-9-;. The van der Waals surface area contributed by atoms with Crippen LogP contribution in [0.3, 0.4) is 0 Å². The second kappa shape index (κ2) is 20.9. The van der Waals surface area contributed by atoms with Crippen molar-refractivity contribution in [3.63, 3.8) is 0 Å². The van der Waals surface area contributed by atoms with Gasteiger partial charge in [0.2, 0.25) is 0 Å². The van der Waals surface area contributed by atoms with Crippen LogP contribution in [0.1, 0.15) is 90.4 Å². The Labute approximate surface area is 143 Å². The normalized spacial score (nSPS) is 11.9. The maximum Gasteiger partial charge on any atom is 0.303 e. The van der Waals surface area contributed by atoms with Gasteiger partial charge in [0.1, 0.15) is 0 Å². The zero-order valence-electron chi connectivity index (χ0n) is 15.1. The third-order valence-electron chi connectivity index (χ3n) is 3.73. The molecule has 0 heterocycles. The Bertz CT molecular complexity index is 274. The van der Waals surface area contributed by atoms with Crippen molar-refractivity contribution >= 4 is 5.97 Å². The monoisotopic (exact) mass is 326 g/mol. The number of aliphatic hydroxyl groups is 1. The van der Waals surface area contributed by atoms with E-state index in [1.807, 2.05) is 0 Å². The van der Waals surface area contributed by atoms with Gasteiger partial charge in [-0.25, -0.2) is 0 Å². The van der Waals surface area contributed by atoms with Crippen molar-refractivity contribution in [3.8, 4) is 0 Å². The molecule has 136 valence electrons. The molecule has 1 unspecified atom stereocenters. The van der Waals surface area contributed by atoms with Crippen LogP contribution in [0.4, 0.5) is 0 Å². The molecule has 0 bridgehead atoms. The second-order valence-electron chi connectivity index (χ2n) is 5.91. The summed E-state index contributed by atoms with van der Waals surface area (Å²) >= 11 is 0. The number of aliphatic carboxylic acids is 1. The van der Waals surface area contributed by atoms with E-state index in [2.05, 4.69) is 32.2 Å². The highest BCUT2D eigenvalue weighted by Crippen LogP contribution is 2.10. The van der Waals surface area contributed by atoms with Gasteiger partial charge in [-0.3, -0.25) is 4.79 Å². The Kier molecular flexibility index (Phi) is 22.0. The maximum absolute atomic E-state index is 10.3. The van der Waals surface area contributed by atoms with Gasteiger partial charge in [0, 0.05) is 6.42 Å². The molecule has 2 N–H and O–H groups in total. The highest BCUT2D eigenvalue weighted by atomic mass is 16.4. The number of rotatable bonds is 15. The van der Waals surface area contributed by atoms with Gasteiger partial charge in [0.15, 0.2) is 0 Å². The van der Waals surface area contributed by atoms with Crippen molar-refractivity contribution in [1.29, 1.82) is 0 Å². The molecule has 0 saturated carbocycles. The molecule has 0 aliphatic rings. The average Bonchev–Trinajstić information content (AvgIpc) is 2.55. The molecule has 0 saturated heterocycles. The van der Waals surface area contributed by atoms with E-state index < -0.39 is 5.97 Å². The number of carbonyl (C=O) groups is 1. The van der Waals surface area contributed by atoms with Crippen LogP contribution in [0.2, 0.25) is 0 Å². The molecule has 3 nitrogen and oxygen atoms in total.